The van der Waals surface area contributed by atoms with Crippen molar-refractivity contribution in [3.63, 3.8) is 0 Å². The highest BCUT2D eigenvalue weighted by Crippen LogP contribution is 2.27. The zero-order chi connectivity index (χ0) is 14.8. The molecule has 2 N–H and O–H groups in total. The average molecular weight is 310 g/mol. The van der Waals surface area contributed by atoms with E-state index < -0.39 is 10.0 Å². The van der Waals surface area contributed by atoms with Gasteiger partial charge in [-0.2, -0.15) is 0 Å². The first-order chi connectivity index (χ1) is 9.42. The normalized spacial score (nSPS) is 11.6. The maximum absolute atomic E-state index is 12.4. The summed E-state index contributed by atoms with van der Waals surface area (Å²) in [6, 6.07) is 9.04. The van der Waals surface area contributed by atoms with Crippen LogP contribution in [0.1, 0.15) is 16.0 Å². The second-order valence-corrected chi connectivity index (χ2v) is 7.72. The van der Waals surface area contributed by atoms with E-state index in [0.29, 0.717) is 16.4 Å². The largest absolute Gasteiger partial charge is 0.315 e. The van der Waals surface area contributed by atoms with Gasteiger partial charge < -0.3 is 5.32 Å². The minimum Gasteiger partial charge on any atom is -0.315 e. The predicted octanol–water partition coefficient (Wildman–Crippen LogP) is 2.89. The standard InChI is InChI=1S/C14H18N2O2S2/c1-10-5-4-6-12(7-10)16-20(17,18)14-8-11(2)13(19-14)9-15-3/h4-8,15-16H,9H2,1-3H3. The highest BCUT2D eigenvalue weighted by atomic mass is 32.2. The quantitative estimate of drug-likeness (QED) is 0.893. The number of rotatable bonds is 5. The van der Waals surface area contributed by atoms with Gasteiger partial charge in [0.25, 0.3) is 10.0 Å². The van der Waals surface area contributed by atoms with E-state index in [9.17, 15) is 8.42 Å². The number of benzene rings is 1. The summed E-state index contributed by atoms with van der Waals surface area (Å²) in [4.78, 5) is 1.04. The van der Waals surface area contributed by atoms with Crippen molar-refractivity contribution in [1.82, 2.24) is 5.32 Å². The topological polar surface area (TPSA) is 58.2 Å². The molecule has 1 heterocycles. The van der Waals surface area contributed by atoms with Gasteiger partial charge in [-0.3, -0.25) is 4.72 Å². The van der Waals surface area contributed by atoms with E-state index in [1.807, 2.05) is 39.1 Å². The molecule has 2 aromatic rings. The average Bonchev–Trinajstić information content (AvgIpc) is 2.72. The maximum Gasteiger partial charge on any atom is 0.271 e. The van der Waals surface area contributed by atoms with Gasteiger partial charge in [-0.25, -0.2) is 8.42 Å². The first-order valence-electron chi connectivity index (χ1n) is 6.26. The molecule has 1 aromatic carbocycles. The van der Waals surface area contributed by atoms with Crippen LogP contribution in [-0.4, -0.2) is 15.5 Å². The first kappa shape index (κ1) is 15.0. The molecule has 0 radical (unpaired) electrons. The molecule has 0 saturated carbocycles. The van der Waals surface area contributed by atoms with Crippen LogP contribution in [0.15, 0.2) is 34.5 Å². The minimum absolute atomic E-state index is 0.349. The molecule has 2 rings (SSSR count). The number of aryl methyl sites for hydroxylation is 2. The van der Waals surface area contributed by atoms with Crippen LogP contribution in [0.25, 0.3) is 0 Å². The molecule has 4 nitrogen and oxygen atoms in total. The number of hydrogen-bond donors (Lipinski definition) is 2. The van der Waals surface area contributed by atoms with E-state index in [0.717, 1.165) is 16.0 Å². The van der Waals surface area contributed by atoms with E-state index in [2.05, 4.69) is 10.0 Å². The van der Waals surface area contributed by atoms with Crippen molar-refractivity contribution in [3.8, 4) is 0 Å². The summed E-state index contributed by atoms with van der Waals surface area (Å²) in [5, 5.41) is 3.04. The monoisotopic (exact) mass is 310 g/mol. The zero-order valence-electron chi connectivity index (χ0n) is 11.7. The zero-order valence-corrected chi connectivity index (χ0v) is 13.4. The van der Waals surface area contributed by atoms with Gasteiger partial charge in [-0.1, -0.05) is 12.1 Å². The molecule has 20 heavy (non-hydrogen) atoms. The second-order valence-electron chi connectivity index (χ2n) is 4.68. The van der Waals surface area contributed by atoms with Gasteiger partial charge in [0.2, 0.25) is 0 Å². The summed E-state index contributed by atoms with van der Waals surface area (Å²) in [6.07, 6.45) is 0. The first-order valence-corrected chi connectivity index (χ1v) is 8.56. The third-order valence-corrected chi connectivity index (χ3v) is 5.96. The fourth-order valence-electron chi connectivity index (χ4n) is 1.87. The number of sulfonamides is 1. The molecule has 0 aliphatic heterocycles. The Morgan fingerprint density at radius 1 is 1.20 bits per heavy atom. The third-order valence-electron chi connectivity index (χ3n) is 2.87. The summed E-state index contributed by atoms with van der Waals surface area (Å²) in [6.45, 7) is 4.53. The smallest absolute Gasteiger partial charge is 0.271 e. The van der Waals surface area contributed by atoms with Crippen molar-refractivity contribution in [2.24, 2.45) is 0 Å². The molecule has 6 heteroatoms. The number of thiophene rings is 1. The summed E-state index contributed by atoms with van der Waals surface area (Å²) in [5.41, 5.74) is 2.60. The van der Waals surface area contributed by atoms with Crippen LogP contribution in [0, 0.1) is 13.8 Å². The predicted molar refractivity (Wildman–Crippen MR) is 83.8 cm³/mol. The van der Waals surface area contributed by atoms with E-state index in [4.69, 9.17) is 0 Å². The van der Waals surface area contributed by atoms with Crippen LogP contribution in [0.2, 0.25) is 0 Å². The molecular weight excluding hydrogens is 292 g/mol. The Labute approximate surface area is 123 Å². The van der Waals surface area contributed by atoms with Crippen molar-refractivity contribution in [1.29, 1.82) is 0 Å². The van der Waals surface area contributed by atoms with Gasteiger partial charge in [0.05, 0.1) is 0 Å². The Hall–Kier alpha value is -1.37. The lowest BCUT2D eigenvalue weighted by molar-refractivity contribution is 0.603. The van der Waals surface area contributed by atoms with Crippen molar-refractivity contribution in [2.75, 3.05) is 11.8 Å². The van der Waals surface area contributed by atoms with E-state index in [1.54, 1.807) is 12.1 Å². The van der Waals surface area contributed by atoms with Gasteiger partial charge in [0.15, 0.2) is 0 Å². The molecule has 0 spiro atoms. The number of hydrogen-bond acceptors (Lipinski definition) is 4. The molecule has 108 valence electrons. The van der Waals surface area contributed by atoms with Crippen LogP contribution in [0.4, 0.5) is 5.69 Å². The Morgan fingerprint density at radius 2 is 1.95 bits per heavy atom. The van der Waals surface area contributed by atoms with Crippen molar-refractivity contribution in [3.05, 3.63) is 46.3 Å². The molecule has 0 amide bonds. The summed E-state index contributed by atoms with van der Waals surface area (Å²) >= 11 is 1.30. The lowest BCUT2D eigenvalue weighted by Crippen LogP contribution is -2.11. The molecule has 0 aliphatic carbocycles. The lowest BCUT2D eigenvalue weighted by atomic mass is 10.2. The molecule has 0 bridgehead atoms. The summed E-state index contributed by atoms with van der Waals surface area (Å²) in [5.74, 6) is 0. The fraction of sp³-hybridized carbons (Fsp3) is 0.286. The van der Waals surface area contributed by atoms with Gasteiger partial charge in [0.1, 0.15) is 4.21 Å². The van der Waals surface area contributed by atoms with Gasteiger partial charge in [-0.05, 0) is 50.2 Å². The van der Waals surface area contributed by atoms with E-state index >= 15 is 0 Å². The number of anilines is 1. The van der Waals surface area contributed by atoms with Gasteiger partial charge in [0, 0.05) is 17.1 Å². The Bertz CT molecular complexity index is 706. The van der Waals surface area contributed by atoms with Crippen molar-refractivity contribution < 1.29 is 8.42 Å². The molecule has 0 aliphatic rings. The SMILES string of the molecule is CNCc1sc(S(=O)(=O)Nc2cccc(C)c2)cc1C. The van der Waals surface area contributed by atoms with Crippen LogP contribution >= 0.6 is 11.3 Å². The van der Waals surface area contributed by atoms with Crippen LogP contribution in [0.3, 0.4) is 0 Å². The van der Waals surface area contributed by atoms with Crippen LogP contribution < -0.4 is 10.0 Å². The van der Waals surface area contributed by atoms with Crippen molar-refractivity contribution >= 4 is 27.0 Å². The third kappa shape index (κ3) is 3.39. The minimum atomic E-state index is -3.51. The van der Waals surface area contributed by atoms with E-state index in [-0.39, 0.29) is 0 Å². The van der Waals surface area contributed by atoms with Gasteiger partial charge >= 0.3 is 0 Å². The molecular formula is C14H18N2O2S2. The highest BCUT2D eigenvalue weighted by molar-refractivity contribution is 7.94. The number of nitrogens with one attached hydrogen (secondary N) is 2. The molecule has 0 atom stereocenters. The van der Waals surface area contributed by atoms with Crippen LogP contribution in [0.5, 0.6) is 0 Å². The molecule has 1 aromatic heterocycles. The fourth-order valence-corrected chi connectivity index (χ4v) is 4.52. The summed E-state index contributed by atoms with van der Waals surface area (Å²) in [7, 11) is -1.66. The van der Waals surface area contributed by atoms with Crippen molar-refractivity contribution in [2.45, 2.75) is 24.6 Å². The van der Waals surface area contributed by atoms with Crippen LogP contribution in [-0.2, 0) is 16.6 Å². The maximum atomic E-state index is 12.4. The highest BCUT2D eigenvalue weighted by Gasteiger charge is 2.18. The lowest BCUT2D eigenvalue weighted by Gasteiger charge is -2.06. The Balaban J connectivity index is 2.28. The Morgan fingerprint density at radius 3 is 2.60 bits per heavy atom. The van der Waals surface area contributed by atoms with Gasteiger partial charge in [-0.15, -0.1) is 11.3 Å². The summed E-state index contributed by atoms with van der Waals surface area (Å²) < 4.78 is 27.7. The van der Waals surface area contributed by atoms with E-state index in [1.165, 1.54) is 11.3 Å². The molecule has 0 fully saturated rings. The molecule has 0 saturated heterocycles. The second kappa shape index (κ2) is 5.95. The molecule has 0 unspecified atom stereocenters. The Kier molecular flexibility index (Phi) is 4.47.